The van der Waals surface area contributed by atoms with Crippen molar-refractivity contribution in [1.29, 1.82) is 0 Å². The molecular weight excluding hydrogens is 378 g/mol. The van der Waals surface area contributed by atoms with E-state index in [0.717, 1.165) is 42.4 Å². The Balaban J connectivity index is 1.64. The van der Waals surface area contributed by atoms with Crippen molar-refractivity contribution in [1.82, 2.24) is 5.32 Å². The molecule has 1 aliphatic carbocycles. The monoisotopic (exact) mass is 403 g/mol. The van der Waals surface area contributed by atoms with E-state index in [0.29, 0.717) is 5.75 Å². The molecule has 0 aliphatic heterocycles. The van der Waals surface area contributed by atoms with Crippen LogP contribution in [0.4, 0.5) is 0 Å². The SMILES string of the molecule is CCOC(=O)C(NC(=O)COc1ccc2oc3c(c2c1)CCCC3)C(=O)OCC. The topological polar surface area (TPSA) is 104 Å². The van der Waals surface area contributed by atoms with Crippen molar-refractivity contribution in [2.45, 2.75) is 45.6 Å². The molecule has 0 atom stereocenters. The number of amides is 1. The molecule has 0 saturated heterocycles. The highest BCUT2D eigenvalue weighted by molar-refractivity contribution is 6.02. The van der Waals surface area contributed by atoms with Crippen molar-refractivity contribution in [3.05, 3.63) is 29.5 Å². The molecule has 0 bridgehead atoms. The molecule has 0 saturated carbocycles. The van der Waals surface area contributed by atoms with Crippen LogP contribution in [-0.4, -0.2) is 43.7 Å². The largest absolute Gasteiger partial charge is 0.484 e. The van der Waals surface area contributed by atoms with E-state index in [4.69, 9.17) is 18.6 Å². The molecule has 8 nitrogen and oxygen atoms in total. The number of carbonyl (C=O) groups excluding carboxylic acids is 3. The highest BCUT2D eigenvalue weighted by Crippen LogP contribution is 2.33. The van der Waals surface area contributed by atoms with Gasteiger partial charge in [-0.15, -0.1) is 0 Å². The Kier molecular flexibility index (Phi) is 6.74. The van der Waals surface area contributed by atoms with Gasteiger partial charge < -0.3 is 23.9 Å². The minimum absolute atomic E-state index is 0.0795. The highest BCUT2D eigenvalue weighted by atomic mass is 16.6. The van der Waals surface area contributed by atoms with E-state index in [9.17, 15) is 14.4 Å². The van der Waals surface area contributed by atoms with Gasteiger partial charge in [0, 0.05) is 17.4 Å². The van der Waals surface area contributed by atoms with Crippen molar-refractivity contribution in [2.75, 3.05) is 19.8 Å². The summed E-state index contributed by atoms with van der Waals surface area (Å²) in [4.78, 5) is 36.1. The second kappa shape index (κ2) is 9.45. The minimum atomic E-state index is -1.52. The summed E-state index contributed by atoms with van der Waals surface area (Å²) in [6, 6.07) is 3.87. The first-order valence-corrected chi connectivity index (χ1v) is 9.83. The van der Waals surface area contributed by atoms with Gasteiger partial charge in [-0.1, -0.05) is 0 Å². The number of hydrogen-bond donors (Lipinski definition) is 1. The maximum atomic E-state index is 12.2. The number of nitrogens with one attached hydrogen (secondary N) is 1. The van der Waals surface area contributed by atoms with Crippen molar-refractivity contribution < 1.29 is 33.0 Å². The predicted octanol–water partition coefficient (Wildman–Crippen LogP) is 2.30. The molecule has 0 radical (unpaired) electrons. The average Bonchev–Trinajstić information content (AvgIpc) is 3.08. The normalized spacial score (nSPS) is 13.1. The highest BCUT2D eigenvalue weighted by Gasteiger charge is 2.31. The first-order valence-electron chi connectivity index (χ1n) is 9.83. The number of furan rings is 1. The van der Waals surface area contributed by atoms with Crippen LogP contribution >= 0.6 is 0 Å². The number of hydrogen-bond acceptors (Lipinski definition) is 7. The maximum Gasteiger partial charge on any atom is 0.340 e. The quantitative estimate of drug-likeness (QED) is 0.533. The van der Waals surface area contributed by atoms with E-state index in [1.54, 1.807) is 19.9 Å². The zero-order chi connectivity index (χ0) is 20.8. The lowest BCUT2D eigenvalue weighted by Gasteiger charge is -2.16. The fourth-order valence-corrected chi connectivity index (χ4v) is 3.35. The van der Waals surface area contributed by atoms with Crippen LogP contribution in [0, 0.1) is 0 Å². The Morgan fingerprint density at radius 3 is 2.45 bits per heavy atom. The molecular formula is C21H25NO7. The summed E-state index contributed by atoms with van der Waals surface area (Å²) in [5, 5.41) is 3.30. The third kappa shape index (κ3) is 4.88. The average molecular weight is 403 g/mol. The zero-order valence-electron chi connectivity index (χ0n) is 16.6. The van der Waals surface area contributed by atoms with Gasteiger partial charge in [0.15, 0.2) is 6.61 Å². The molecule has 1 N–H and O–H groups in total. The third-order valence-corrected chi connectivity index (χ3v) is 4.65. The van der Waals surface area contributed by atoms with Crippen LogP contribution < -0.4 is 10.1 Å². The van der Waals surface area contributed by atoms with Crippen LogP contribution in [0.1, 0.15) is 38.0 Å². The number of fused-ring (bicyclic) bond motifs is 3. The minimum Gasteiger partial charge on any atom is -0.484 e. The number of benzene rings is 1. The van der Waals surface area contributed by atoms with Crippen LogP contribution in [-0.2, 0) is 36.7 Å². The van der Waals surface area contributed by atoms with Gasteiger partial charge in [-0.25, -0.2) is 9.59 Å². The maximum absolute atomic E-state index is 12.2. The standard InChI is InChI=1S/C21H25NO7/c1-3-26-20(24)19(21(25)27-4-2)22-18(23)12-28-13-9-10-17-15(11-13)14-7-5-6-8-16(14)29-17/h9-11,19H,3-8,12H2,1-2H3,(H,22,23). The number of aryl methyl sites for hydroxylation is 2. The summed E-state index contributed by atoms with van der Waals surface area (Å²) in [5.74, 6) is -0.847. The van der Waals surface area contributed by atoms with Crippen molar-refractivity contribution >= 4 is 28.8 Å². The Labute approximate surface area is 168 Å². The van der Waals surface area contributed by atoms with Crippen LogP contribution in [0.2, 0.25) is 0 Å². The first-order chi connectivity index (χ1) is 14.0. The van der Waals surface area contributed by atoms with Gasteiger partial charge in [0.25, 0.3) is 5.91 Å². The van der Waals surface area contributed by atoms with Crippen LogP contribution in [0.25, 0.3) is 11.0 Å². The fourth-order valence-electron chi connectivity index (χ4n) is 3.35. The molecule has 0 fully saturated rings. The lowest BCUT2D eigenvalue weighted by atomic mass is 9.96. The molecule has 0 unspecified atom stereocenters. The van der Waals surface area contributed by atoms with Crippen LogP contribution in [0.3, 0.4) is 0 Å². The Morgan fingerprint density at radius 2 is 1.76 bits per heavy atom. The Morgan fingerprint density at radius 1 is 1.07 bits per heavy atom. The second-order valence-corrected chi connectivity index (χ2v) is 6.66. The molecule has 2 aromatic rings. The van der Waals surface area contributed by atoms with Crippen molar-refractivity contribution in [3.63, 3.8) is 0 Å². The number of esters is 2. The summed E-state index contributed by atoms with van der Waals surface area (Å²) in [5.41, 5.74) is 2.00. The Bertz CT molecular complexity index is 884. The second-order valence-electron chi connectivity index (χ2n) is 6.66. The summed E-state index contributed by atoms with van der Waals surface area (Å²) in [6.07, 6.45) is 4.15. The van der Waals surface area contributed by atoms with Gasteiger partial charge in [-0.3, -0.25) is 4.79 Å². The fraction of sp³-hybridized carbons (Fsp3) is 0.476. The molecule has 0 spiro atoms. The van der Waals surface area contributed by atoms with Gasteiger partial charge in [0.05, 0.1) is 13.2 Å². The molecule has 156 valence electrons. The number of carbonyl (C=O) groups is 3. The smallest absolute Gasteiger partial charge is 0.340 e. The van der Waals surface area contributed by atoms with Crippen LogP contribution in [0.5, 0.6) is 5.75 Å². The summed E-state index contributed by atoms with van der Waals surface area (Å²) < 4.78 is 21.1. The van der Waals surface area contributed by atoms with Gasteiger partial charge in [-0.2, -0.15) is 0 Å². The number of ether oxygens (including phenoxy) is 3. The van der Waals surface area contributed by atoms with Gasteiger partial charge in [0.2, 0.25) is 6.04 Å². The van der Waals surface area contributed by atoms with E-state index in [1.807, 2.05) is 12.1 Å². The zero-order valence-corrected chi connectivity index (χ0v) is 16.6. The van der Waals surface area contributed by atoms with E-state index >= 15 is 0 Å². The predicted molar refractivity (Wildman–Crippen MR) is 104 cm³/mol. The van der Waals surface area contributed by atoms with E-state index in [-0.39, 0.29) is 19.8 Å². The van der Waals surface area contributed by atoms with E-state index < -0.39 is 23.9 Å². The summed E-state index contributed by atoms with van der Waals surface area (Å²) in [6.45, 7) is 3.01. The summed E-state index contributed by atoms with van der Waals surface area (Å²) in [7, 11) is 0. The molecule has 1 aromatic carbocycles. The number of rotatable bonds is 8. The van der Waals surface area contributed by atoms with Crippen LogP contribution in [0.15, 0.2) is 22.6 Å². The third-order valence-electron chi connectivity index (χ3n) is 4.65. The molecule has 29 heavy (non-hydrogen) atoms. The van der Waals surface area contributed by atoms with Crippen molar-refractivity contribution in [3.8, 4) is 5.75 Å². The molecule has 1 aromatic heterocycles. The molecule has 1 aliphatic rings. The molecule has 1 amide bonds. The first kappa shape index (κ1) is 20.7. The molecule has 8 heteroatoms. The van der Waals surface area contributed by atoms with E-state index in [2.05, 4.69) is 5.32 Å². The lowest BCUT2D eigenvalue weighted by molar-refractivity contribution is -0.159. The van der Waals surface area contributed by atoms with Gasteiger partial charge >= 0.3 is 11.9 Å². The lowest BCUT2D eigenvalue weighted by Crippen LogP contribution is -2.49. The van der Waals surface area contributed by atoms with Gasteiger partial charge in [-0.05, 0) is 51.3 Å². The molecule has 1 heterocycles. The Hall–Kier alpha value is -3.03. The van der Waals surface area contributed by atoms with E-state index in [1.165, 1.54) is 5.56 Å². The van der Waals surface area contributed by atoms with Crippen molar-refractivity contribution in [2.24, 2.45) is 0 Å². The van der Waals surface area contributed by atoms with Gasteiger partial charge in [0.1, 0.15) is 17.1 Å². The summed E-state index contributed by atoms with van der Waals surface area (Å²) >= 11 is 0. The molecule has 3 rings (SSSR count).